The van der Waals surface area contributed by atoms with Gasteiger partial charge >= 0.3 is 6.09 Å². The van der Waals surface area contributed by atoms with Crippen molar-refractivity contribution in [1.29, 1.82) is 0 Å². The van der Waals surface area contributed by atoms with Crippen molar-refractivity contribution in [2.24, 2.45) is 0 Å². The fourth-order valence-corrected chi connectivity index (χ4v) is 3.50. The van der Waals surface area contributed by atoms with Crippen molar-refractivity contribution in [2.75, 3.05) is 23.8 Å². The van der Waals surface area contributed by atoms with Crippen LogP contribution < -0.4 is 15.5 Å². The quantitative estimate of drug-likeness (QED) is 0.722. The van der Waals surface area contributed by atoms with Crippen LogP contribution in [0.25, 0.3) is 0 Å². The summed E-state index contributed by atoms with van der Waals surface area (Å²) in [6.45, 7) is 6.88. The highest BCUT2D eigenvalue weighted by molar-refractivity contribution is 6.29. The Balaban J connectivity index is 1.77. The van der Waals surface area contributed by atoms with E-state index < -0.39 is 5.60 Å². The number of hydrogen-bond acceptors (Lipinski definition) is 5. The summed E-state index contributed by atoms with van der Waals surface area (Å²) < 4.78 is 5.58. The summed E-state index contributed by atoms with van der Waals surface area (Å²) in [5.74, 6) is 0. The van der Waals surface area contributed by atoms with E-state index in [-0.39, 0.29) is 12.1 Å². The van der Waals surface area contributed by atoms with Gasteiger partial charge in [-0.25, -0.2) is 9.78 Å². The molecule has 1 amide bonds. The number of aromatic nitrogens is 1. The largest absolute Gasteiger partial charge is 0.443 e. The fraction of sp³-hybridized carbons (Fsp3) is 0.429. The molecular weight excluding hydrogens is 376 g/mol. The Hall–Kier alpha value is -2.31. The summed E-state index contributed by atoms with van der Waals surface area (Å²) in [6.07, 6.45) is 2.27. The molecule has 0 spiro atoms. The molecule has 1 aromatic carbocycles. The molecule has 1 atom stereocenters. The van der Waals surface area contributed by atoms with Crippen LogP contribution in [0.1, 0.15) is 44.4 Å². The number of rotatable bonds is 4. The summed E-state index contributed by atoms with van der Waals surface area (Å²) in [6, 6.07) is 9.92. The van der Waals surface area contributed by atoms with E-state index >= 15 is 0 Å². The Morgan fingerprint density at radius 2 is 2.11 bits per heavy atom. The highest BCUT2D eigenvalue weighted by atomic mass is 35.5. The van der Waals surface area contributed by atoms with Crippen LogP contribution in [0.5, 0.6) is 0 Å². The van der Waals surface area contributed by atoms with Gasteiger partial charge < -0.3 is 15.4 Å². The Labute approximate surface area is 171 Å². The van der Waals surface area contributed by atoms with Gasteiger partial charge in [-0.2, -0.15) is 0 Å². The zero-order chi connectivity index (χ0) is 20.3. The number of carbonyl (C=O) groups excluding carboxylic acids is 1. The van der Waals surface area contributed by atoms with Gasteiger partial charge in [-0.3, -0.25) is 4.90 Å². The summed E-state index contributed by atoms with van der Waals surface area (Å²) in [5, 5.41) is 7.21. The number of hydrogen-bond donors (Lipinski definition) is 2. The van der Waals surface area contributed by atoms with Gasteiger partial charge in [0.05, 0.1) is 5.69 Å². The lowest BCUT2D eigenvalue weighted by molar-refractivity contribution is 0.0576. The molecule has 6 nitrogen and oxygen atoms in total. The first-order valence-electron chi connectivity index (χ1n) is 9.43. The summed E-state index contributed by atoms with van der Waals surface area (Å²) >= 11 is 5.98. The van der Waals surface area contributed by atoms with Crippen molar-refractivity contribution in [3.05, 3.63) is 52.8 Å². The summed E-state index contributed by atoms with van der Waals surface area (Å²) in [5.41, 5.74) is 3.45. The second-order valence-corrected chi connectivity index (χ2v) is 8.21. The number of fused-ring (bicyclic) bond motifs is 1. The summed E-state index contributed by atoms with van der Waals surface area (Å²) in [7, 11) is 1.86. The number of amides is 1. The van der Waals surface area contributed by atoms with Crippen molar-refractivity contribution in [3.63, 3.8) is 0 Å². The lowest BCUT2D eigenvalue weighted by Gasteiger charge is -2.35. The predicted molar refractivity (Wildman–Crippen MR) is 113 cm³/mol. The molecule has 0 radical (unpaired) electrons. The number of ether oxygens (including phenoxy) is 1. The molecule has 7 heteroatoms. The van der Waals surface area contributed by atoms with Crippen LogP contribution in [0.4, 0.5) is 16.2 Å². The van der Waals surface area contributed by atoms with E-state index in [4.69, 9.17) is 16.3 Å². The Morgan fingerprint density at radius 3 is 2.82 bits per heavy atom. The number of anilines is 2. The Bertz CT molecular complexity index is 851. The molecule has 150 valence electrons. The zero-order valence-corrected chi connectivity index (χ0v) is 17.5. The maximum Gasteiger partial charge on any atom is 0.414 e. The average molecular weight is 403 g/mol. The minimum Gasteiger partial charge on any atom is -0.443 e. The molecule has 0 bridgehead atoms. The molecule has 28 heavy (non-hydrogen) atoms. The van der Waals surface area contributed by atoms with E-state index in [1.807, 2.05) is 52.1 Å². The molecule has 0 saturated heterocycles. The fourth-order valence-electron chi connectivity index (χ4n) is 3.35. The number of nitrogens with zero attached hydrogens (tertiary/aromatic N) is 2. The van der Waals surface area contributed by atoms with E-state index in [9.17, 15) is 4.79 Å². The van der Waals surface area contributed by atoms with Crippen molar-refractivity contribution in [3.8, 4) is 0 Å². The van der Waals surface area contributed by atoms with Crippen LogP contribution in [0.2, 0.25) is 5.15 Å². The van der Waals surface area contributed by atoms with Gasteiger partial charge in [0.2, 0.25) is 0 Å². The Kier molecular flexibility index (Phi) is 6.10. The van der Waals surface area contributed by atoms with Gasteiger partial charge in [-0.15, -0.1) is 0 Å². The van der Waals surface area contributed by atoms with E-state index in [0.29, 0.717) is 18.2 Å². The third-order valence-electron chi connectivity index (χ3n) is 4.62. The van der Waals surface area contributed by atoms with E-state index in [1.54, 1.807) is 11.1 Å². The normalized spacial score (nSPS) is 16.5. The molecule has 0 aliphatic carbocycles. The molecule has 0 fully saturated rings. The number of para-hydroxylation sites is 1. The monoisotopic (exact) mass is 402 g/mol. The lowest BCUT2D eigenvalue weighted by Crippen LogP contribution is -2.42. The molecule has 2 aromatic rings. The number of benzene rings is 1. The standard InChI is InChI=1S/C21H27ClN4O2/c1-21(2,3)28-20(27)26-10-9-16(15-7-5-6-8-18(15)26)24-12-14-13-25-19(22)11-17(14)23-4/h5-8,11,13,16,24H,9-10,12H2,1-4H3,(H,23,25). The van der Waals surface area contributed by atoms with Crippen molar-refractivity contribution < 1.29 is 9.53 Å². The molecule has 2 heterocycles. The van der Waals surface area contributed by atoms with E-state index in [2.05, 4.69) is 21.7 Å². The number of nitrogens with one attached hydrogen (secondary N) is 2. The lowest BCUT2D eigenvalue weighted by atomic mass is 9.96. The highest BCUT2D eigenvalue weighted by Crippen LogP contribution is 2.35. The first-order valence-corrected chi connectivity index (χ1v) is 9.81. The topological polar surface area (TPSA) is 66.5 Å². The van der Waals surface area contributed by atoms with Crippen LogP contribution in [0.3, 0.4) is 0 Å². The SMILES string of the molecule is CNc1cc(Cl)ncc1CNC1CCN(C(=O)OC(C)(C)C)c2ccccc21. The first kappa shape index (κ1) is 20.4. The van der Waals surface area contributed by atoms with Crippen LogP contribution in [0, 0.1) is 0 Å². The van der Waals surface area contributed by atoms with E-state index in [0.717, 1.165) is 28.9 Å². The number of carbonyl (C=O) groups is 1. The smallest absolute Gasteiger partial charge is 0.414 e. The van der Waals surface area contributed by atoms with Crippen LogP contribution in [0.15, 0.2) is 36.5 Å². The zero-order valence-electron chi connectivity index (χ0n) is 16.8. The molecule has 1 aromatic heterocycles. The molecule has 1 unspecified atom stereocenters. The maximum atomic E-state index is 12.6. The van der Waals surface area contributed by atoms with Gasteiger partial charge in [-0.1, -0.05) is 29.8 Å². The van der Waals surface area contributed by atoms with E-state index in [1.165, 1.54) is 0 Å². The van der Waals surface area contributed by atoms with Crippen molar-refractivity contribution >= 4 is 29.1 Å². The second kappa shape index (κ2) is 8.37. The van der Waals surface area contributed by atoms with Crippen LogP contribution >= 0.6 is 11.6 Å². The third-order valence-corrected chi connectivity index (χ3v) is 4.83. The predicted octanol–water partition coefficient (Wildman–Crippen LogP) is 4.75. The minimum atomic E-state index is -0.522. The maximum absolute atomic E-state index is 12.6. The molecule has 3 rings (SSSR count). The summed E-state index contributed by atoms with van der Waals surface area (Å²) in [4.78, 5) is 18.5. The average Bonchev–Trinajstić information content (AvgIpc) is 2.65. The van der Waals surface area contributed by atoms with Gasteiger partial charge in [0, 0.05) is 43.6 Å². The molecule has 1 aliphatic rings. The first-order chi connectivity index (χ1) is 13.3. The van der Waals surface area contributed by atoms with Gasteiger partial charge in [0.1, 0.15) is 10.8 Å². The second-order valence-electron chi connectivity index (χ2n) is 7.83. The molecule has 2 N–H and O–H groups in total. The minimum absolute atomic E-state index is 0.135. The Morgan fingerprint density at radius 1 is 1.36 bits per heavy atom. The molecule has 0 saturated carbocycles. The van der Waals surface area contributed by atoms with Gasteiger partial charge in [0.15, 0.2) is 0 Å². The van der Waals surface area contributed by atoms with Crippen LogP contribution in [-0.2, 0) is 11.3 Å². The number of pyridine rings is 1. The third kappa shape index (κ3) is 4.75. The molecular formula is C21H27ClN4O2. The van der Waals surface area contributed by atoms with Gasteiger partial charge in [-0.05, 0) is 44.9 Å². The number of halogens is 1. The highest BCUT2D eigenvalue weighted by Gasteiger charge is 2.31. The van der Waals surface area contributed by atoms with Crippen molar-refractivity contribution in [2.45, 2.75) is 45.4 Å². The van der Waals surface area contributed by atoms with Crippen LogP contribution in [-0.4, -0.2) is 30.3 Å². The van der Waals surface area contributed by atoms with Gasteiger partial charge in [0.25, 0.3) is 0 Å². The molecule has 1 aliphatic heterocycles. The van der Waals surface area contributed by atoms with Crippen molar-refractivity contribution in [1.82, 2.24) is 10.3 Å².